The van der Waals surface area contributed by atoms with Crippen LogP contribution in [0.4, 0.5) is 0 Å². The summed E-state index contributed by atoms with van der Waals surface area (Å²) in [6.07, 6.45) is 5.08. The molecule has 0 saturated carbocycles. The van der Waals surface area contributed by atoms with Gasteiger partial charge < -0.3 is 9.53 Å². The number of hydrogen-bond donors (Lipinski definition) is 0. The number of aldehydes is 1. The van der Waals surface area contributed by atoms with Crippen molar-refractivity contribution in [3.63, 3.8) is 0 Å². The van der Waals surface area contributed by atoms with E-state index in [2.05, 4.69) is 46.9 Å². The molecule has 1 fully saturated rings. The van der Waals surface area contributed by atoms with Crippen molar-refractivity contribution in [2.24, 2.45) is 0 Å². The highest BCUT2D eigenvalue weighted by molar-refractivity contribution is 14.1. The van der Waals surface area contributed by atoms with Crippen LogP contribution in [0.1, 0.15) is 24.8 Å². The van der Waals surface area contributed by atoms with Crippen LogP contribution < -0.4 is 0 Å². The Bertz CT molecular complexity index is 352. The third-order valence-corrected chi connectivity index (χ3v) is 4.49. The minimum absolute atomic E-state index is 0.148. The molecule has 2 rings (SSSR count). The maximum absolute atomic E-state index is 10.5. The van der Waals surface area contributed by atoms with Crippen molar-refractivity contribution in [1.82, 2.24) is 0 Å². The van der Waals surface area contributed by atoms with Crippen molar-refractivity contribution < 1.29 is 9.53 Å². The number of carbonyl (C=O) groups is 1. The SMILES string of the molecule is O=CC[C@@H]1C[C@H](I)[C@@H](CCc2ccccc2)O1. The molecule has 0 aliphatic carbocycles. The lowest BCUT2D eigenvalue weighted by atomic mass is 10.0. The molecule has 1 heterocycles. The number of ether oxygens (including phenoxy) is 1. The summed E-state index contributed by atoms with van der Waals surface area (Å²) in [5, 5.41) is 0. The summed E-state index contributed by atoms with van der Waals surface area (Å²) in [6, 6.07) is 10.5. The van der Waals surface area contributed by atoms with E-state index in [1.807, 2.05) is 6.07 Å². The lowest BCUT2D eigenvalue weighted by Gasteiger charge is -2.14. The van der Waals surface area contributed by atoms with Gasteiger partial charge in [0.05, 0.1) is 12.2 Å². The Morgan fingerprint density at radius 2 is 2.12 bits per heavy atom. The van der Waals surface area contributed by atoms with Gasteiger partial charge in [0.25, 0.3) is 0 Å². The second kappa shape index (κ2) is 6.50. The molecular weight excluding hydrogens is 327 g/mol. The van der Waals surface area contributed by atoms with Gasteiger partial charge in [-0.05, 0) is 24.8 Å². The molecule has 92 valence electrons. The van der Waals surface area contributed by atoms with Crippen LogP contribution in [0.3, 0.4) is 0 Å². The molecule has 0 bridgehead atoms. The maximum Gasteiger partial charge on any atom is 0.122 e. The van der Waals surface area contributed by atoms with Crippen LogP contribution in [0.5, 0.6) is 0 Å². The zero-order valence-corrected chi connectivity index (χ0v) is 11.9. The summed E-state index contributed by atoms with van der Waals surface area (Å²) in [6.45, 7) is 0. The summed E-state index contributed by atoms with van der Waals surface area (Å²) < 4.78 is 6.44. The lowest BCUT2D eigenvalue weighted by molar-refractivity contribution is -0.110. The van der Waals surface area contributed by atoms with E-state index in [9.17, 15) is 4.79 Å². The molecular formula is C14H17IO2. The molecule has 1 saturated heterocycles. The minimum Gasteiger partial charge on any atom is -0.373 e. The van der Waals surface area contributed by atoms with Crippen molar-refractivity contribution in [2.45, 2.75) is 41.8 Å². The Morgan fingerprint density at radius 1 is 1.35 bits per heavy atom. The molecule has 0 radical (unpaired) electrons. The van der Waals surface area contributed by atoms with Gasteiger partial charge >= 0.3 is 0 Å². The maximum atomic E-state index is 10.5. The number of halogens is 1. The third kappa shape index (κ3) is 3.78. The average Bonchev–Trinajstić information content (AvgIpc) is 2.69. The van der Waals surface area contributed by atoms with Crippen molar-refractivity contribution in [3.05, 3.63) is 35.9 Å². The molecule has 0 unspecified atom stereocenters. The fourth-order valence-corrected chi connectivity index (χ4v) is 3.35. The number of benzene rings is 1. The molecule has 0 N–H and O–H groups in total. The first kappa shape index (κ1) is 13.0. The molecule has 1 aromatic rings. The summed E-state index contributed by atoms with van der Waals surface area (Å²) in [5.74, 6) is 0. The number of aryl methyl sites for hydroxylation is 1. The second-order valence-electron chi connectivity index (χ2n) is 4.47. The first-order valence-electron chi connectivity index (χ1n) is 6.06. The van der Waals surface area contributed by atoms with Crippen LogP contribution in [0.15, 0.2) is 30.3 Å². The largest absolute Gasteiger partial charge is 0.373 e. The van der Waals surface area contributed by atoms with Gasteiger partial charge in [-0.2, -0.15) is 0 Å². The quantitative estimate of drug-likeness (QED) is 0.466. The number of hydrogen-bond acceptors (Lipinski definition) is 2. The zero-order chi connectivity index (χ0) is 12.1. The van der Waals surface area contributed by atoms with Crippen LogP contribution in [-0.4, -0.2) is 22.4 Å². The van der Waals surface area contributed by atoms with E-state index in [1.54, 1.807) is 0 Å². The molecule has 2 nitrogen and oxygen atoms in total. The summed E-state index contributed by atoms with van der Waals surface area (Å²) >= 11 is 2.45. The average molecular weight is 344 g/mol. The van der Waals surface area contributed by atoms with Crippen molar-refractivity contribution >= 4 is 28.9 Å². The standard InChI is InChI=1S/C14H17IO2/c15-13-10-12(8-9-16)17-14(13)7-6-11-4-2-1-3-5-11/h1-5,9,12-14H,6-8,10H2/t12-,13+,14-/m1/s1. The minimum atomic E-state index is 0.148. The molecule has 0 aromatic heterocycles. The van der Waals surface area contributed by atoms with Gasteiger partial charge in [-0.3, -0.25) is 0 Å². The Morgan fingerprint density at radius 3 is 2.82 bits per heavy atom. The van der Waals surface area contributed by atoms with Gasteiger partial charge in [0.2, 0.25) is 0 Å². The molecule has 3 atom stereocenters. The number of alkyl halides is 1. The van der Waals surface area contributed by atoms with Gasteiger partial charge in [0.15, 0.2) is 0 Å². The Hall–Kier alpha value is -0.420. The Balaban J connectivity index is 1.82. The second-order valence-corrected chi connectivity index (χ2v) is 6.07. The van der Waals surface area contributed by atoms with Gasteiger partial charge in [-0.1, -0.05) is 52.9 Å². The molecule has 0 spiro atoms. The van der Waals surface area contributed by atoms with Crippen LogP contribution in [0, 0.1) is 0 Å². The van der Waals surface area contributed by atoms with Crippen LogP contribution in [-0.2, 0) is 16.0 Å². The van der Waals surface area contributed by atoms with Crippen LogP contribution in [0.25, 0.3) is 0 Å². The third-order valence-electron chi connectivity index (χ3n) is 3.18. The normalized spacial score (nSPS) is 28.2. The first-order valence-corrected chi connectivity index (χ1v) is 7.31. The fraction of sp³-hybridized carbons (Fsp3) is 0.500. The highest BCUT2D eigenvalue weighted by atomic mass is 127. The Kier molecular flexibility index (Phi) is 4.98. The molecule has 0 amide bonds. The topological polar surface area (TPSA) is 26.3 Å². The van der Waals surface area contributed by atoms with Crippen LogP contribution in [0.2, 0.25) is 0 Å². The van der Waals surface area contributed by atoms with Gasteiger partial charge in [0.1, 0.15) is 6.29 Å². The summed E-state index contributed by atoms with van der Waals surface area (Å²) in [5.41, 5.74) is 1.36. The van der Waals surface area contributed by atoms with Crippen molar-refractivity contribution in [2.75, 3.05) is 0 Å². The smallest absolute Gasteiger partial charge is 0.122 e. The summed E-state index contributed by atoms with van der Waals surface area (Å²) in [7, 11) is 0. The highest BCUT2D eigenvalue weighted by Crippen LogP contribution is 2.31. The molecule has 1 aliphatic rings. The first-order chi connectivity index (χ1) is 8.29. The van der Waals surface area contributed by atoms with E-state index in [0.717, 1.165) is 25.5 Å². The van der Waals surface area contributed by atoms with E-state index >= 15 is 0 Å². The lowest BCUT2D eigenvalue weighted by Crippen LogP contribution is -2.17. The monoisotopic (exact) mass is 344 g/mol. The zero-order valence-electron chi connectivity index (χ0n) is 9.72. The van der Waals surface area contributed by atoms with Crippen molar-refractivity contribution in [1.29, 1.82) is 0 Å². The highest BCUT2D eigenvalue weighted by Gasteiger charge is 2.32. The van der Waals surface area contributed by atoms with E-state index < -0.39 is 0 Å². The van der Waals surface area contributed by atoms with E-state index in [-0.39, 0.29) is 6.10 Å². The predicted molar refractivity (Wildman–Crippen MR) is 76.5 cm³/mol. The predicted octanol–water partition coefficient (Wildman–Crippen LogP) is 3.17. The number of rotatable bonds is 5. The fourth-order valence-electron chi connectivity index (χ4n) is 2.25. The van der Waals surface area contributed by atoms with Gasteiger partial charge in [-0.15, -0.1) is 0 Å². The number of carbonyl (C=O) groups excluding carboxylic acids is 1. The van der Waals surface area contributed by atoms with E-state index in [0.29, 0.717) is 16.4 Å². The molecule has 17 heavy (non-hydrogen) atoms. The van der Waals surface area contributed by atoms with E-state index in [4.69, 9.17) is 4.74 Å². The molecule has 1 aromatic carbocycles. The van der Waals surface area contributed by atoms with Crippen LogP contribution >= 0.6 is 22.6 Å². The Labute approximate surface area is 116 Å². The van der Waals surface area contributed by atoms with Gasteiger partial charge in [-0.25, -0.2) is 0 Å². The van der Waals surface area contributed by atoms with Crippen molar-refractivity contribution in [3.8, 4) is 0 Å². The summed E-state index contributed by atoms with van der Waals surface area (Å²) in [4.78, 5) is 10.5. The molecule has 1 aliphatic heterocycles. The van der Waals surface area contributed by atoms with E-state index in [1.165, 1.54) is 5.56 Å². The van der Waals surface area contributed by atoms with Gasteiger partial charge in [0, 0.05) is 10.3 Å². The molecule has 3 heteroatoms.